The van der Waals surface area contributed by atoms with Gasteiger partial charge in [-0.25, -0.2) is 9.59 Å². The van der Waals surface area contributed by atoms with Crippen LogP contribution >= 0.6 is 0 Å². The van der Waals surface area contributed by atoms with Crippen LogP contribution in [-0.4, -0.2) is 28.8 Å². The van der Waals surface area contributed by atoms with Gasteiger partial charge in [-0.2, -0.15) is 13.2 Å². The first-order valence-electron chi connectivity index (χ1n) is 8.84. The number of alkyl carbamates (subject to hydrolysis) is 1. The Morgan fingerprint density at radius 1 is 1.03 bits per heavy atom. The number of rotatable bonds is 5. The van der Waals surface area contributed by atoms with Gasteiger partial charge in [0.1, 0.15) is 11.6 Å². The first-order valence-corrected chi connectivity index (χ1v) is 8.84. The number of hydrogen-bond donors (Lipinski definition) is 2. The minimum absolute atomic E-state index is 0.00253. The molecule has 0 aliphatic heterocycles. The standard InChI is InChI=1S/C21H22F3NO4/c1-20(2,3)29-19(28)25-17(18(26)27)11-13-7-9-14(10-8-13)15-5-4-6-16(12-15)21(22,23)24/h4-10,12,17H,11H2,1-3H3,(H,25,28)(H,26,27). The Balaban J connectivity index is 2.13. The molecule has 2 aromatic rings. The minimum atomic E-state index is -4.43. The summed E-state index contributed by atoms with van der Waals surface area (Å²) in [6.07, 6.45) is -5.28. The normalized spacial score (nSPS) is 12.9. The van der Waals surface area contributed by atoms with Crippen molar-refractivity contribution in [3.8, 4) is 11.1 Å². The summed E-state index contributed by atoms with van der Waals surface area (Å²) < 4.78 is 43.7. The molecule has 0 aliphatic rings. The fourth-order valence-corrected chi connectivity index (χ4v) is 2.59. The van der Waals surface area contributed by atoms with Gasteiger partial charge < -0.3 is 15.2 Å². The summed E-state index contributed by atoms with van der Waals surface area (Å²) in [5.41, 5.74) is 0.0512. The van der Waals surface area contributed by atoms with E-state index in [2.05, 4.69) is 5.32 Å². The number of ether oxygens (including phenoxy) is 1. The van der Waals surface area contributed by atoms with Gasteiger partial charge in [-0.05, 0) is 49.6 Å². The molecule has 2 aromatic carbocycles. The zero-order valence-electron chi connectivity index (χ0n) is 16.2. The Hall–Kier alpha value is -3.03. The smallest absolute Gasteiger partial charge is 0.416 e. The number of amides is 1. The van der Waals surface area contributed by atoms with Crippen LogP contribution in [0.25, 0.3) is 11.1 Å². The van der Waals surface area contributed by atoms with Crippen LogP contribution in [0.5, 0.6) is 0 Å². The van der Waals surface area contributed by atoms with Crippen LogP contribution in [0.3, 0.4) is 0 Å². The minimum Gasteiger partial charge on any atom is -0.480 e. The van der Waals surface area contributed by atoms with Crippen molar-refractivity contribution in [1.82, 2.24) is 5.32 Å². The Kier molecular flexibility index (Phi) is 6.56. The second kappa shape index (κ2) is 8.55. The number of hydrogen-bond acceptors (Lipinski definition) is 3. The summed E-state index contributed by atoms with van der Waals surface area (Å²) in [5.74, 6) is -1.22. The largest absolute Gasteiger partial charge is 0.480 e. The third-order valence-corrected chi connectivity index (χ3v) is 3.91. The van der Waals surface area contributed by atoms with Crippen molar-refractivity contribution in [3.05, 3.63) is 59.7 Å². The molecule has 0 fully saturated rings. The van der Waals surface area contributed by atoms with E-state index in [1.165, 1.54) is 6.07 Å². The Morgan fingerprint density at radius 3 is 2.17 bits per heavy atom. The number of carbonyl (C=O) groups is 2. The van der Waals surface area contributed by atoms with Gasteiger partial charge in [-0.1, -0.05) is 36.4 Å². The summed E-state index contributed by atoms with van der Waals surface area (Å²) in [5, 5.41) is 11.7. The Morgan fingerprint density at radius 2 is 1.66 bits per heavy atom. The summed E-state index contributed by atoms with van der Waals surface area (Å²) in [4.78, 5) is 23.3. The van der Waals surface area contributed by atoms with E-state index < -0.39 is 35.4 Å². The van der Waals surface area contributed by atoms with Gasteiger partial charge in [0.05, 0.1) is 5.56 Å². The van der Waals surface area contributed by atoms with E-state index in [1.807, 2.05) is 0 Å². The average molecular weight is 409 g/mol. The third-order valence-electron chi connectivity index (χ3n) is 3.91. The molecule has 1 unspecified atom stereocenters. The van der Waals surface area contributed by atoms with Gasteiger partial charge in [0, 0.05) is 6.42 Å². The molecular formula is C21H22F3NO4. The number of aliphatic carboxylic acids is 1. The molecule has 156 valence electrons. The van der Waals surface area contributed by atoms with Crippen LogP contribution in [0.4, 0.5) is 18.0 Å². The van der Waals surface area contributed by atoms with E-state index in [0.717, 1.165) is 12.1 Å². The average Bonchev–Trinajstić information content (AvgIpc) is 2.59. The molecule has 0 saturated carbocycles. The Labute approximate surface area is 166 Å². The molecule has 0 radical (unpaired) electrons. The van der Waals surface area contributed by atoms with E-state index in [-0.39, 0.29) is 6.42 Å². The van der Waals surface area contributed by atoms with Gasteiger partial charge in [-0.15, -0.1) is 0 Å². The number of alkyl halides is 3. The maximum absolute atomic E-state index is 12.9. The molecular weight excluding hydrogens is 387 g/mol. The van der Waals surface area contributed by atoms with Gasteiger partial charge in [-0.3, -0.25) is 0 Å². The highest BCUT2D eigenvalue weighted by Gasteiger charge is 2.30. The van der Waals surface area contributed by atoms with Gasteiger partial charge in [0.2, 0.25) is 0 Å². The lowest BCUT2D eigenvalue weighted by molar-refractivity contribution is -0.139. The molecule has 1 atom stereocenters. The molecule has 29 heavy (non-hydrogen) atoms. The predicted molar refractivity (Wildman–Crippen MR) is 101 cm³/mol. The van der Waals surface area contributed by atoms with Crippen LogP contribution in [0, 0.1) is 0 Å². The molecule has 1 amide bonds. The second-order valence-electron chi connectivity index (χ2n) is 7.52. The fourth-order valence-electron chi connectivity index (χ4n) is 2.59. The first kappa shape index (κ1) is 22.3. The summed E-state index contributed by atoms with van der Waals surface area (Å²) in [7, 11) is 0. The molecule has 0 heterocycles. The van der Waals surface area contributed by atoms with Crippen molar-refractivity contribution in [2.24, 2.45) is 0 Å². The van der Waals surface area contributed by atoms with Gasteiger partial charge in [0.15, 0.2) is 0 Å². The molecule has 0 bridgehead atoms. The number of halogens is 3. The zero-order chi connectivity index (χ0) is 21.8. The van der Waals surface area contributed by atoms with Gasteiger partial charge in [0.25, 0.3) is 0 Å². The van der Waals surface area contributed by atoms with E-state index >= 15 is 0 Å². The lowest BCUT2D eigenvalue weighted by Gasteiger charge is -2.22. The van der Waals surface area contributed by atoms with Crippen LogP contribution in [0.15, 0.2) is 48.5 Å². The summed E-state index contributed by atoms with van der Waals surface area (Å²) in [6.45, 7) is 4.98. The number of carbonyl (C=O) groups excluding carboxylic acids is 1. The fraction of sp³-hybridized carbons (Fsp3) is 0.333. The highest BCUT2D eigenvalue weighted by Crippen LogP contribution is 2.32. The number of carboxylic acid groups (broad SMARTS) is 1. The molecule has 0 aliphatic carbocycles. The maximum atomic E-state index is 12.9. The molecule has 0 aromatic heterocycles. The molecule has 2 N–H and O–H groups in total. The summed E-state index contributed by atoms with van der Waals surface area (Å²) >= 11 is 0. The van der Waals surface area contributed by atoms with Crippen LogP contribution in [0.1, 0.15) is 31.9 Å². The van der Waals surface area contributed by atoms with Crippen molar-refractivity contribution in [3.63, 3.8) is 0 Å². The number of nitrogens with one attached hydrogen (secondary N) is 1. The number of benzene rings is 2. The van der Waals surface area contributed by atoms with Crippen LogP contribution in [-0.2, 0) is 22.1 Å². The zero-order valence-corrected chi connectivity index (χ0v) is 16.2. The molecule has 8 heteroatoms. The highest BCUT2D eigenvalue weighted by molar-refractivity contribution is 5.80. The second-order valence-corrected chi connectivity index (χ2v) is 7.52. The van der Waals surface area contributed by atoms with Crippen molar-refractivity contribution in [1.29, 1.82) is 0 Å². The topological polar surface area (TPSA) is 75.6 Å². The van der Waals surface area contributed by atoms with E-state index in [4.69, 9.17) is 4.74 Å². The Bertz CT molecular complexity index is 871. The van der Waals surface area contributed by atoms with Crippen molar-refractivity contribution >= 4 is 12.1 Å². The summed E-state index contributed by atoms with van der Waals surface area (Å²) in [6, 6.07) is 10.2. The predicted octanol–water partition coefficient (Wildman–Crippen LogP) is 4.89. The molecule has 2 rings (SSSR count). The monoisotopic (exact) mass is 409 g/mol. The van der Waals surface area contributed by atoms with Crippen molar-refractivity contribution < 1.29 is 32.6 Å². The SMILES string of the molecule is CC(C)(C)OC(=O)NC(Cc1ccc(-c2cccc(C(F)(F)F)c2)cc1)C(=O)O. The lowest BCUT2D eigenvalue weighted by Crippen LogP contribution is -2.44. The quantitative estimate of drug-likeness (QED) is 0.737. The van der Waals surface area contributed by atoms with E-state index in [9.17, 15) is 27.9 Å². The maximum Gasteiger partial charge on any atom is 0.416 e. The highest BCUT2D eigenvalue weighted by atomic mass is 19.4. The van der Waals surface area contributed by atoms with Crippen molar-refractivity contribution in [2.45, 2.75) is 45.0 Å². The van der Waals surface area contributed by atoms with Crippen molar-refractivity contribution in [2.75, 3.05) is 0 Å². The van der Waals surface area contributed by atoms with Crippen LogP contribution in [0.2, 0.25) is 0 Å². The van der Waals surface area contributed by atoms with Gasteiger partial charge >= 0.3 is 18.2 Å². The molecule has 0 spiro atoms. The van der Waals surface area contributed by atoms with E-state index in [0.29, 0.717) is 16.7 Å². The molecule has 5 nitrogen and oxygen atoms in total. The first-order chi connectivity index (χ1) is 13.3. The molecule has 0 saturated heterocycles. The van der Waals surface area contributed by atoms with E-state index in [1.54, 1.807) is 51.1 Å². The number of carboxylic acids is 1. The lowest BCUT2D eigenvalue weighted by atomic mass is 9.99. The third kappa shape index (κ3) is 6.81. The van der Waals surface area contributed by atoms with Crippen LogP contribution < -0.4 is 5.32 Å².